The van der Waals surface area contributed by atoms with Crippen molar-refractivity contribution in [3.8, 4) is 0 Å². The van der Waals surface area contributed by atoms with Crippen LogP contribution in [0.25, 0.3) is 0 Å². The number of amides is 2. The van der Waals surface area contributed by atoms with Crippen LogP contribution in [0.4, 0.5) is 4.39 Å². The molecule has 0 aliphatic carbocycles. The molecule has 1 heterocycles. The number of carbonyl (C=O) groups excluding carboxylic acids is 2. The molecule has 2 rings (SSSR count). The van der Waals surface area contributed by atoms with E-state index in [2.05, 4.69) is 5.32 Å². The molecular weight excluding hydrogens is 321 g/mol. The normalized spacial score (nSPS) is 20.2. The largest absolute Gasteiger partial charge is 0.341 e. The van der Waals surface area contributed by atoms with Gasteiger partial charge in [0.05, 0.1) is 5.56 Å². The maximum absolute atomic E-state index is 13.8. The van der Waals surface area contributed by atoms with Crippen LogP contribution in [-0.4, -0.2) is 41.9 Å². The molecular formula is C19H28FN3O2. The third kappa shape index (κ3) is 4.78. The molecule has 1 aromatic rings. The van der Waals surface area contributed by atoms with Crippen LogP contribution in [0.1, 0.15) is 44.0 Å². The molecule has 1 aliphatic rings. The van der Waals surface area contributed by atoms with Gasteiger partial charge in [0, 0.05) is 19.1 Å². The van der Waals surface area contributed by atoms with Crippen LogP contribution in [0.5, 0.6) is 0 Å². The third-order valence-corrected chi connectivity index (χ3v) is 4.85. The summed E-state index contributed by atoms with van der Waals surface area (Å²) in [5.74, 6) is -1.10. The fourth-order valence-corrected chi connectivity index (χ4v) is 3.21. The van der Waals surface area contributed by atoms with Gasteiger partial charge in [0.1, 0.15) is 11.9 Å². The van der Waals surface area contributed by atoms with Crippen molar-refractivity contribution < 1.29 is 14.0 Å². The van der Waals surface area contributed by atoms with E-state index in [1.165, 1.54) is 18.2 Å². The number of carbonyl (C=O) groups is 2. The highest BCUT2D eigenvalue weighted by atomic mass is 19.1. The summed E-state index contributed by atoms with van der Waals surface area (Å²) >= 11 is 0. The number of nitrogens with zero attached hydrogens (tertiary/aromatic N) is 1. The molecule has 1 fully saturated rings. The van der Waals surface area contributed by atoms with Crippen LogP contribution < -0.4 is 11.1 Å². The van der Waals surface area contributed by atoms with E-state index >= 15 is 0 Å². The van der Waals surface area contributed by atoms with Crippen molar-refractivity contribution in [2.24, 2.45) is 17.6 Å². The molecule has 0 spiro atoms. The molecule has 3 atom stereocenters. The van der Waals surface area contributed by atoms with Crippen LogP contribution in [0.2, 0.25) is 0 Å². The van der Waals surface area contributed by atoms with E-state index in [1.54, 1.807) is 11.0 Å². The molecule has 1 aliphatic heterocycles. The second-order valence-corrected chi connectivity index (χ2v) is 7.22. The first-order valence-electron chi connectivity index (χ1n) is 8.91. The topological polar surface area (TPSA) is 75.4 Å². The van der Waals surface area contributed by atoms with E-state index in [4.69, 9.17) is 5.73 Å². The quantitative estimate of drug-likeness (QED) is 0.855. The Morgan fingerprint density at radius 2 is 1.96 bits per heavy atom. The Bertz CT molecular complexity index is 618. The standard InChI is InChI=1S/C19H28FN3O2/c1-12(2)17(22-18(24)15-8-4-5-9-16(15)20)19(25)23-10-6-7-14(11-23)13(3)21/h4-5,8-9,12-14,17H,6-7,10-11,21H2,1-3H3,(H,22,24). The van der Waals surface area contributed by atoms with Gasteiger partial charge in [-0.15, -0.1) is 0 Å². The molecule has 2 amide bonds. The number of benzene rings is 1. The van der Waals surface area contributed by atoms with Crippen molar-refractivity contribution in [2.75, 3.05) is 13.1 Å². The second kappa shape index (κ2) is 8.43. The lowest BCUT2D eigenvalue weighted by atomic mass is 9.91. The molecule has 0 saturated carbocycles. The van der Waals surface area contributed by atoms with Gasteiger partial charge in [0.2, 0.25) is 5.91 Å². The van der Waals surface area contributed by atoms with Gasteiger partial charge in [-0.1, -0.05) is 26.0 Å². The zero-order valence-corrected chi connectivity index (χ0v) is 15.2. The fraction of sp³-hybridized carbons (Fsp3) is 0.579. The number of nitrogens with two attached hydrogens (primary N) is 1. The maximum atomic E-state index is 13.8. The third-order valence-electron chi connectivity index (χ3n) is 4.85. The first-order valence-corrected chi connectivity index (χ1v) is 8.91. The Hall–Kier alpha value is -1.95. The van der Waals surface area contributed by atoms with Crippen molar-refractivity contribution in [1.29, 1.82) is 0 Å². The summed E-state index contributed by atoms with van der Waals surface area (Å²) in [5.41, 5.74) is 5.94. The van der Waals surface area contributed by atoms with Crippen LogP contribution in [-0.2, 0) is 4.79 Å². The number of nitrogens with one attached hydrogen (secondary N) is 1. The second-order valence-electron chi connectivity index (χ2n) is 7.22. The SMILES string of the molecule is CC(C)C(NC(=O)c1ccccc1F)C(=O)N1CCCC(C(C)N)C1. The first-order chi connectivity index (χ1) is 11.8. The summed E-state index contributed by atoms with van der Waals surface area (Å²) in [6.45, 7) is 6.98. The number of piperidine rings is 1. The Balaban J connectivity index is 2.11. The molecule has 3 N–H and O–H groups in total. The Morgan fingerprint density at radius 1 is 1.28 bits per heavy atom. The van der Waals surface area contributed by atoms with Crippen LogP contribution in [0, 0.1) is 17.7 Å². The summed E-state index contributed by atoms with van der Waals surface area (Å²) in [5, 5.41) is 2.71. The van der Waals surface area contributed by atoms with Crippen LogP contribution in [0.3, 0.4) is 0 Å². The van der Waals surface area contributed by atoms with E-state index in [9.17, 15) is 14.0 Å². The van der Waals surface area contributed by atoms with Gasteiger partial charge in [-0.05, 0) is 43.7 Å². The molecule has 6 heteroatoms. The van der Waals surface area contributed by atoms with Crippen molar-refractivity contribution >= 4 is 11.8 Å². The maximum Gasteiger partial charge on any atom is 0.254 e. The summed E-state index contributed by atoms with van der Waals surface area (Å²) < 4.78 is 13.8. The zero-order chi connectivity index (χ0) is 18.6. The monoisotopic (exact) mass is 349 g/mol. The van der Waals surface area contributed by atoms with Crippen LogP contribution >= 0.6 is 0 Å². The minimum atomic E-state index is -0.682. The van der Waals surface area contributed by atoms with Gasteiger partial charge in [-0.25, -0.2) is 4.39 Å². The molecule has 3 unspecified atom stereocenters. The molecule has 0 radical (unpaired) electrons. The summed E-state index contributed by atoms with van der Waals surface area (Å²) in [6.07, 6.45) is 1.92. The zero-order valence-electron chi connectivity index (χ0n) is 15.2. The fourth-order valence-electron chi connectivity index (χ4n) is 3.21. The van der Waals surface area contributed by atoms with Gasteiger partial charge in [0.15, 0.2) is 0 Å². The highest BCUT2D eigenvalue weighted by molar-refractivity contribution is 5.97. The van der Waals surface area contributed by atoms with Crippen molar-refractivity contribution in [3.63, 3.8) is 0 Å². The van der Waals surface area contributed by atoms with Crippen molar-refractivity contribution in [3.05, 3.63) is 35.6 Å². The molecule has 0 bridgehead atoms. The van der Waals surface area contributed by atoms with E-state index in [1.807, 2.05) is 20.8 Å². The lowest BCUT2D eigenvalue weighted by Gasteiger charge is -2.37. The minimum Gasteiger partial charge on any atom is -0.341 e. The van der Waals surface area contributed by atoms with Crippen LogP contribution in [0.15, 0.2) is 24.3 Å². The number of rotatable bonds is 5. The Kier molecular flexibility index (Phi) is 6.53. The van der Waals surface area contributed by atoms with Crippen molar-refractivity contribution in [1.82, 2.24) is 10.2 Å². The average molecular weight is 349 g/mol. The molecule has 1 aromatic carbocycles. The van der Waals surface area contributed by atoms with Crippen molar-refractivity contribution in [2.45, 2.75) is 45.7 Å². The summed E-state index contributed by atoms with van der Waals surface area (Å²) in [4.78, 5) is 27.1. The first kappa shape index (κ1) is 19.4. The number of hydrogen-bond donors (Lipinski definition) is 2. The summed E-state index contributed by atoms with van der Waals surface area (Å²) in [6, 6.07) is 5.12. The van der Waals surface area contributed by atoms with Gasteiger partial charge in [-0.3, -0.25) is 9.59 Å². The minimum absolute atomic E-state index is 0.0288. The van der Waals surface area contributed by atoms with Gasteiger partial charge in [0.25, 0.3) is 5.91 Å². The number of hydrogen-bond acceptors (Lipinski definition) is 3. The highest BCUT2D eigenvalue weighted by Crippen LogP contribution is 2.21. The lowest BCUT2D eigenvalue weighted by Crippen LogP contribution is -2.54. The van der Waals surface area contributed by atoms with E-state index in [0.29, 0.717) is 13.1 Å². The molecule has 1 saturated heterocycles. The van der Waals surface area contributed by atoms with E-state index < -0.39 is 17.8 Å². The Labute approximate surface area is 148 Å². The molecule has 0 aromatic heterocycles. The Morgan fingerprint density at radius 3 is 2.56 bits per heavy atom. The van der Waals surface area contributed by atoms with Gasteiger partial charge in [-0.2, -0.15) is 0 Å². The molecule has 138 valence electrons. The summed E-state index contributed by atoms with van der Waals surface area (Å²) in [7, 11) is 0. The predicted molar refractivity (Wildman–Crippen MR) is 95.4 cm³/mol. The predicted octanol–water partition coefficient (Wildman–Crippen LogP) is 2.17. The number of halogens is 1. The smallest absolute Gasteiger partial charge is 0.254 e. The molecule has 25 heavy (non-hydrogen) atoms. The van der Waals surface area contributed by atoms with E-state index in [-0.39, 0.29) is 29.3 Å². The van der Waals surface area contributed by atoms with Gasteiger partial charge >= 0.3 is 0 Å². The average Bonchev–Trinajstić information content (AvgIpc) is 2.59. The highest BCUT2D eigenvalue weighted by Gasteiger charge is 2.33. The van der Waals surface area contributed by atoms with Gasteiger partial charge < -0.3 is 16.0 Å². The van der Waals surface area contributed by atoms with E-state index in [0.717, 1.165) is 12.8 Å². The number of likely N-dealkylation sites (tertiary alicyclic amines) is 1. The molecule has 5 nitrogen and oxygen atoms in total. The lowest BCUT2D eigenvalue weighted by molar-refractivity contribution is -0.136.